The smallest absolute Gasteiger partial charge is 0.244 e. The molecule has 1 atom stereocenters. The number of rotatable bonds is 6. The SMILES string of the molecule is CN(CC1(CO)CCCC1)C(=O)[C@@H](c1ccc(F)cc1)N(C)C. The van der Waals surface area contributed by atoms with Gasteiger partial charge in [-0.3, -0.25) is 9.69 Å². The monoisotopic (exact) mass is 322 g/mol. The van der Waals surface area contributed by atoms with Crippen LogP contribution in [0, 0.1) is 11.2 Å². The molecule has 1 saturated carbocycles. The molecule has 0 aliphatic heterocycles. The summed E-state index contributed by atoms with van der Waals surface area (Å²) in [4.78, 5) is 16.5. The maximum absolute atomic E-state index is 13.1. The standard InChI is InChI=1S/C18H27FN2O2/c1-20(2)16(14-6-8-15(19)9-7-14)17(23)21(3)12-18(13-22)10-4-5-11-18/h6-9,16,22H,4-5,10-13H2,1-3H3/t16-/m1/s1. The van der Waals surface area contributed by atoms with E-state index in [9.17, 15) is 14.3 Å². The molecule has 5 heteroatoms. The van der Waals surface area contributed by atoms with Gasteiger partial charge < -0.3 is 10.0 Å². The third-order valence-electron chi connectivity index (χ3n) is 4.88. The van der Waals surface area contributed by atoms with Crippen LogP contribution >= 0.6 is 0 Å². The molecule has 4 nitrogen and oxygen atoms in total. The van der Waals surface area contributed by atoms with E-state index in [1.165, 1.54) is 12.1 Å². The van der Waals surface area contributed by atoms with Gasteiger partial charge in [-0.15, -0.1) is 0 Å². The molecule has 0 spiro atoms. The number of aliphatic hydroxyl groups excluding tert-OH is 1. The number of carbonyl (C=O) groups excluding carboxylic acids is 1. The van der Waals surface area contributed by atoms with Gasteiger partial charge in [-0.25, -0.2) is 4.39 Å². The summed E-state index contributed by atoms with van der Waals surface area (Å²) in [6.45, 7) is 0.682. The van der Waals surface area contributed by atoms with Gasteiger partial charge in [0.15, 0.2) is 0 Å². The van der Waals surface area contributed by atoms with Gasteiger partial charge in [0, 0.05) is 19.0 Å². The van der Waals surface area contributed by atoms with Crippen LogP contribution in [0.2, 0.25) is 0 Å². The van der Waals surface area contributed by atoms with E-state index in [1.54, 1.807) is 24.1 Å². The lowest BCUT2D eigenvalue weighted by Gasteiger charge is -2.35. The van der Waals surface area contributed by atoms with Gasteiger partial charge >= 0.3 is 0 Å². The van der Waals surface area contributed by atoms with Gasteiger partial charge in [-0.2, -0.15) is 0 Å². The molecule has 1 amide bonds. The summed E-state index contributed by atoms with van der Waals surface area (Å²) in [5.74, 6) is -0.335. The molecule has 1 aliphatic carbocycles. The number of hydrogen-bond donors (Lipinski definition) is 1. The van der Waals surface area contributed by atoms with Crippen LogP contribution in [0.3, 0.4) is 0 Å². The van der Waals surface area contributed by atoms with Crippen LogP contribution in [0.25, 0.3) is 0 Å². The first-order valence-corrected chi connectivity index (χ1v) is 8.16. The molecule has 1 aliphatic rings. The number of carbonyl (C=O) groups is 1. The van der Waals surface area contributed by atoms with Crippen molar-refractivity contribution in [2.24, 2.45) is 5.41 Å². The van der Waals surface area contributed by atoms with E-state index < -0.39 is 6.04 Å². The number of benzene rings is 1. The number of halogens is 1. The Hall–Kier alpha value is -1.46. The highest BCUT2D eigenvalue weighted by molar-refractivity contribution is 5.83. The molecule has 23 heavy (non-hydrogen) atoms. The summed E-state index contributed by atoms with van der Waals surface area (Å²) >= 11 is 0. The van der Waals surface area contributed by atoms with E-state index in [-0.39, 0.29) is 23.7 Å². The van der Waals surface area contributed by atoms with E-state index in [0.29, 0.717) is 6.54 Å². The Bertz CT molecular complexity index is 524. The fraction of sp³-hybridized carbons (Fsp3) is 0.611. The highest BCUT2D eigenvalue weighted by Crippen LogP contribution is 2.38. The Kier molecular flexibility index (Phi) is 5.76. The minimum atomic E-state index is -0.447. The summed E-state index contributed by atoms with van der Waals surface area (Å²) in [6.07, 6.45) is 4.14. The topological polar surface area (TPSA) is 43.8 Å². The molecule has 2 rings (SSSR count). The Morgan fingerprint density at radius 1 is 1.22 bits per heavy atom. The van der Waals surface area contributed by atoms with Crippen molar-refractivity contribution >= 4 is 5.91 Å². The minimum absolute atomic E-state index is 0.0265. The van der Waals surface area contributed by atoms with Crippen molar-refractivity contribution < 1.29 is 14.3 Å². The highest BCUT2D eigenvalue weighted by Gasteiger charge is 2.37. The average molecular weight is 322 g/mol. The van der Waals surface area contributed by atoms with Crippen molar-refractivity contribution in [2.45, 2.75) is 31.7 Å². The minimum Gasteiger partial charge on any atom is -0.396 e. The summed E-state index contributed by atoms with van der Waals surface area (Å²) in [5.41, 5.74) is 0.613. The predicted molar refractivity (Wildman–Crippen MR) is 88.5 cm³/mol. The van der Waals surface area contributed by atoms with Crippen molar-refractivity contribution in [1.29, 1.82) is 0 Å². The van der Waals surface area contributed by atoms with Crippen LogP contribution in [0.5, 0.6) is 0 Å². The fourth-order valence-electron chi connectivity index (χ4n) is 3.59. The fourth-order valence-corrected chi connectivity index (χ4v) is 3.59. The van der Waals surface area contributed by atoms with E-state index in [2.05, 4.69) is 0 Å². The molecule has 1 aromatic carbocycles. The van der Waals surface area contributed by atoms with Crippen LogP contribution in [0.4, 0.5) is 4.39 Å². The van der Waals surface area contributed by atoms with Crippen LogP contribution in [-0.2, 0) is 4.79 Å². The number of likely N-dealkylation sites (N-methyl/N-ethyl adjacent to an activating group) is 2. The Balaban J connectivity index is 2.15. The summed E-state index contributed by atoms with van der Waals surface area (Å²) in [5, 5.41) is 9.75. The highest BCUT2D eigenvalue weighted by atomic mass is 19.1. The van der Waals surface area contributed by atoms with E-state index >= 15 is 0 Å². The largest absolute Gasteiger partial charge is 0.396 e. The first-order chi connectivity index (χ1) is 10.9. The summed E-state index contributed by atoms with van der Waals surface area (Å²) in [7, 11) is 5.48. The van der Waals surface area contributed by atoms with E-state index in [4.69, 9.17) is 0 Å². The summed E-state index contributed by atoms with van der Waals surface area (Å²) < 4.78 is 13.1. The van der Waals surface area contributed by atoms with Gasteiger partial charge in [-0.1, -0.05) is 25.0 Å². The Morgan fingerprint density at radius 2 is 1.78 bits per heavy atom. The normalized spacial score (nSPS) is 18.2. The lowest BCUT2D eigenvalue weighted by molar-refractivity contribution is -0.137. The number of aliphatic hydroxyl groups is 1. The first kappa shape index (κ1) is 17.9. The molecule has 0 heterocycles. The molecule has 1 fully saturated rings. The molecule has 0 unspecified atom stereocenters. The van der Waals surface area contributed by atoms with Gasteiger partial charge in [0.25, 0.3) is 0 Å². The van der Waals surface area contributed by atoms with Crippen LogP contribution < -0.4 is 0 Å². The average Bonchev–Trinajstić information content (AvgIpc) is 2.98. The first-order valence-electron chi connectivity index (χ1n) is 8.16. The zero-order valence-corrected chi connectivity index (χ0v) is 14.3. The molecule has 128 valence electrons. The molecule has 0 bridgehead atoms. The predicted octanol–water partition coefficient (Wildman–Crippen LogP) is 2.44. The van der Waals surface area contributed by atoms with Gasteiger partial charge in [0.1, 0.15) is 11.9 Å². The third kappa shape index (κ3) is 4.09. The second-order valence-electron chi connectivity index (χ2n) is 6.98. The molecular formula is C18H27FN2O2. The van der Waals surface area contributed by atoms with Crippen LogP contribution in [-0.4, -0.2) is 55.1 Å². The summed E-state index contributed by atoms with van der Waals surface area (Å²) in [6, 6.07) is 5.63. The van der Waals surface area contributed by atoms with Crippen LogP contribution in [0.1, 0.15) is 37.3 Å². The molecule has 0 radical (unpaired) electrons. The number of nitrogens with zero attached hydrogens (tertiary/aromatic N) is 2. The molecule has 0 aromatic heterocycles. The lowest BCUT2D eigenvalue weighted by atomic mass is 9.86. The van der Waals surface area contributed by atoms with E-state index in [1.807, 2.05) is 19.0 Å². The van der Waals surface area contributed by atoms with Gasteiger partial charge in [0.2, 0.25) is 5.91 Å². The van der Waals surface area contributed by atoms with E-state index in [0.717, 1.165) is 31.2 Å². The maximum atomic E-state index is 13.1. The van der Waals surface area contributed by atoms with Crippen molar-refractivity contribution in [3.63, 3.8) is 0 Å². The third-order valence-corrected chi connectivity index (χ3v) is 4.88. The molecule has 1 aromatic rings. The molecular weight excluding hydrogens is 295 g/mol. The number of amides is 1. The zero-order valence-electron chi connectivity index (χ0n) is 14.3. The quantitative estimate of drug-likeness (QED) is 0.875. The van der Waals surface area contributed by atoms with Gasteiger partial charge in [0.05, 0.1) is 6.61 Å². The molecule has 1 N–H and O–H groups in total. The van der Waals surface area contributed by atoms with Crippen molar-refractivity contribution in [3.05, 3.63) is 35.6 Å². The van der Waals surface area contributed by atoms with Crippen molar-refractivity contribution in [3.8, 4) is 0 Å². The van der Waals surface area contributed by atoms with Gasteiger partial charge in [-0.05, 0) is 44.6 Å². The Labute approximate surface area is 137 Å². The maximum Gasteiger partial charge on any atom is 0.244 e. The second kappa shape index (κ2) is 7.41. The van der Waals surface area contributed by atoms with Crippen LogP contribution in [0.15, 0.2) is 24.3 Å². The molecule has 0 saturated heterocycles. The zero-order chi connectivity index (χ0) is 17.0. The second-order valence-corrected chi connectivity index (χ2v) is 6.98. The van der Waals surface area contributed by atoms with Crippen molar-refractivity contribution in [1.82, 2.24) is 9.80 Å². The Morgan fingerprint density at radius 3 is 2.26 bits per heavy atom. The number of hydrogen-bond acceptors (Lipinski definition) is 3. The lowest BCUT2D eigenvalue weighted by Crippen LogP contribution is -2.44. The van der Waals surface area contributed by atoms with Crippen molar-refractivity contribution in [2.75, 3.05) is 34.3 Å².